The molecule has 1 aromatic carbocycles. The highest BCUT2D eigenvalue weighted by atomic mass is 35.5. The predicted molar refractivity (Wildman–Crippen MR) is 96.9 cm³/mol. The Labute approximate surface area is 139 Å². The molecule has 118 valence electrons. The van der Waals surface area contributed by atoms with Crippen LogP contribution in [0.3, 0.4) is 0 Å². The number of unbranched alkanes of at least 4 members (excludes halogenated alkanes) is 6. The molecule has 0 aromatic heterocycles. The van der Waals surface area contributed by atoms with E-state index in [4.69, 9.17) is 23.8 Å². The monoisotopic (exact) mass is 326 g/mol. The Balaban J connectivity index is 1.97. The van der Waals surface area contributed by atoms with Crippen LogP contribution in [0, 0.1) is 0 Å². The zero-order valence-electron chi connectivity index (χ0n) is 13.0. The Morgan fingerprint density at radius 2 is 1.57 bits per heavy atom. The Hall–Kier alpha value is -0.800. The summed E-state index contributed by atoms with van der Waals surface area (Å²) in [6, 6.07) is 7.81. The van der Waals surface area contributed by atoms with E-state index in [-0.39, 0.29) is 0 Å². The van der Waals surface area contributed by atoms with Crippen LogP contribution < -0.4 is 10.6 Å². The van der Waals surface area contributed by atoms with Crippen molar-refractivity contribution in [3.8, 4) is 0 Å². The third-order valence-corrected chi connectivity index (χ3v) is 3.97. The lowest BCUT2D eigenvalue weighted by Gasteiger charge is -2.10. The van der Waals surface area contributed by atoms with Gasteiger partial charge in [-0.25, -0.2) is 0 Å². The number of rotatable bonds is 10. The van der Waals surface area contributed by atoms with E-state index >= 15 is 0 Å². The van der Waals surface area contributed by atoms with Crippen molar-refractivity contribution in [3.63, 3.8) is 0 Å². The summed E-state index contributed by atoms with van der Waals surface area (Å²) in [5.41, 5.74) is 1.18. The fraction of sp³-hybridized carbons (Fsp3) is 0.588. The van der Waals surface area contributed by atoms with Gasteiger partial charge in [-0.05, 0) is 36.3 Å². The second-order valence-corrected chi connectivity index (χ2v) is 6.20. The van der Waals surface area contributed by atoms with Gasteiger partial charge in [-0.1, -0.05) is 69.2 Å². The van der Waals surface area contributed by atoms with E-state index in [9.17, 15) is 0 Å². The minimum absolute atomic E-state index is 0.732. The number of halogens is 1. The van der Waals surface area contributed by atoms with Crippen LogP contribution in [-0.4, -0.2) is 11.7 Å². The first kappa shape index (κ1) is 18.2. The summed E-state index contributed by atoms with van der Waals surface area (Å²) in [5.74, 6) is 0. The van der Waals surface area contributed by atoms with Gasteiger partial charge in [-0.3, -0.25) is 0 Å². The van der Waals surface area contributed by atoms with Gasteiger partial charge in [0.1, 0.15) is 0 Å². The van der Waals surface area contributed by atoms with Crippen LogP contribution >= 0.6 is 23.8 Å². The molecule has 1 aromatic rings. The Kier molecular flexibility index (Phi) is 10.3. The summed E-state index contributed by atoms with van der Waals surface area (Å²) in [4.78, 5) is 0. The second kappa shape index (κ2) is 11.8. The maximum atomic E-state index is 5.85. The second-order valence-electron chi connectivity index (χ2n) is 5.36. The molecule has 0 atom stereocenters. The maximum absolute atomic E-state index is 5.85. The van der Waals surface area contributed by atoms with E-state index in [1.165, 1.54) is 50.5 Å². The summed E-state index contributed by atoms with van der Waals surface area (Å²) in [6.07, 6.45) is 9.25. The van der Waals surface area contributed by atoms with Crippen LogP contribution in [0.15, 0.2) is 24.3 Å². The van der Waals surface area contributed by atoms with Gasteiger partial charge in [0.25, 0.3) is 0 Å². The average Bonchev–Trinajstić information content (AvgIpc) is 2.49. The SMILES string of the molecule is CCCCCCCCCNC(=S)NCc1ccc(Cl)cc1. The van der Waals surface area contributed by atoms with Crippen molar-refractivity contribution in [3.05, 3.63) is 34.9 Å². The number of hydrogen-bond acceptors (Lipinski definition) is 1. The van der Waals surface area contributed by atoms with Gasteiger partial charge in [-0.15, -0.1) is 0 Å². The molecule has 0 unspecified atom stereocenters. The maximum Gasteiger partial charge on any atom is 0.166 e. The van der Waals surface area contributed by atoms with Gasteiger partial charge in [-0.2, -0.15) is 0 Å². The van der Waals surface area contributed by atoms with E-state index in [2.05, 4.69) is 17.6 Å². The number of benzene rings is 1. The third-order valence-electron chi connectivity index (χ3n) is 3.43. The fourth-order valence-electron chi connectivity index (χ4n) is 2.13. The molecular formula is C17H27ClN2S. The number of hydrogen-bond donors (Lipinski definition) is 2. The predicted octanol–water partition coefficient (Wildman–Crippen LogP) is 5.05. The lowest BCUT2D eigenvalue weighted by atomic mass is 10.1. The number of thiocarbonyl (C=S) groups is 1. The van der Waals surface area contributed by atoms with Gasteiger partial charge in [0, 0.05) is 18.1 Å². The molecule has 0 saturated carbocycles. The van der Waals surface area contributed by atoms with E-state index in [0.717, 1.165) is 23.2 Å². The molecule has 0 saturated heterocycles. The molecule has 0 spiro atoms. The molecule has 1 rings (SSSR count). The Bertz CT molecular complexity index is 392. The highest BCUT2D eigenvalue weighted by Crippen LogP contribution is 2.09. The molecule has 0 amide bonds. The molecule has 2 N–H and O–H groups in total. The highest BCUT2D eigenvalue weighted by molar-refractivity contribution is 7.80. The molecule has 0 aliphatic heterocycles. The molecule has 4 heteroatoms. The van der Waals surface area contributed by atoms with Crippen molar-refractivity contribution < 1.29 is 0 Å². The fourth-order valence-corrected chi connectivity index (χ4v) is 2.43. The number of nitrogens with one attached hydrogen (secondary N) is 2. The minimum atomic E-state index is 0.732. The van der Waals surface area contributed by atoms with Crippen molar-refractivity contribution in [1.82, 2.24) is 10.6 Å². The standard InChI is InChI=1S/C17H27ClN2S/c1-2-3-4-5-6-7-8-13-19-17(21)20-14-15-9-11-16(18)12-10-15/h9-12H,2-8,13-14H2,1H3,(H2,19,20,21). The zero-order valence-corrected chi connectivity index (χ0v) is 14.5. The van der Waals surface area contributed by atoms with Crippen LogP contribution in [0.4, 0.5) is 0 Å². The van der Waals surface area contributed by atoms with Gasteiger partial charge >= 0.3 is 0 Å². The summed E-state index contributed by atoms with van der Waals surface area (Å²) in [5, 5.41) is 7.97. The molecule has 2 nitrogen and oxygen atoms in total. The molecule has 0 radical (unpaired) electrons. The highest BCUT2D eigenvalue weighted by Gasteiger charge is 1.97. The van der Waals surface area contributed by atoms with Crippen molar-refractivity contribution in [2.24, 2.45) is 0 Å². The normalized spacial score (nSPS) is 10.4. The largest absolute Gasteiger partial charge is 0.363 e. The van der Waals surface area contributed by atoms with Gasteiger partial charge in [0.05, 0.1) is 0 Å². The van der Waals surface area contributed by atoms with E-state index in [1.807, 2.05) is 24.3 Å². The Morgan fingerprint density at radius 1 is 0.952 bits per heavy atom. The van der Waals surface area contributed by atoms with E-state index < -0.39 is 0 Å². The van der Waals surface area contributed by atoms with Crippen molar-refractivity contribution in [2.75, 3.05) is 6.54 Å². The first-order valence-electron chi connectivity index (χ1n) is 7.98. The van der Waals surface area contributed by atoms with Crippen molar-refractivity contribution >= 4 is 28.9 Å². The van der Waals surface area contributed by atoms with Crippen molar-refractivity contribution in [1.29, 1.82) is 0 Å². The van der Waals surface area contributed by atoms with Gasteiger partial charge in [0.15, 0.2) is 5.11 Å². The summed E-state index contributed by atoms with van der Waals surface area (Å²) in [7, 11) is 0. The zero-order chi connectivity index (χ0) is 15.3. The Morgan fingerprint density at radius 3 is 2.24 bits per heavy atom. The first-order chi connectivity index (χ1) is 10.2. The van der Waals surface area contributed by atoms with Crippen molar-refractivity contribution in [2.45, 2.75) is 58.4 Å². The lowest BCUT2D eigenvalue weighted by Crippen LogP contribution is -2.35. The van der Waals surface area contributed by atoms with Crippen LogP contribution in [0.2, 0.25) is 5.02 Å². The smallest absolute Gasteiger partial charge is 0.166 e. The van der Waals surface area contributed by atoms with Crippen LogP contribution in [0.5, 0.6) is 0 Å². The molecule has 0 aliphatic rings. The van der Waals surface area contributed by atoms with Gasteiger partial charge in [0.2, 0.25) is 0 Å². The van der Waals surface area contributed by atoms with Crippen LogP contribution in [0.1, 0.15) is 57.4 Å². The summed E-state index contributed by atoms with van der Waals surface area (Å²) < 4.78 is 0. The minimum Gasteiger partial charge on any atom is -0.363 e. The quantitative estimate of drug-likeness (QED) is 0.464. The van der Waals surface area contributed by atoms with E-state index in [1.54, 1.807) is 0 Å². The molecule has 0 bridgehead atoms. The molecule has 0 heterocycles. The van der Waals surface area contributed by atoms with Crippen LogP contribution in [0.25, 0.3) is 0 Å². The van der Waals surface area contributed by atoms with Crippen LogP contribution in [-0.2, 0) is 6.54 Å². The average molecular weight is 327 g/mol. The first-order valence-corrected chi connectivity index (χ1v) is 8.77. The molecular weight excluding hydrogens is 300 g/mol. The summed E-state index contributed by atoms with van der Waals surface area (Å²) >= 11 is 11.1. The molecule has 0 fully saturated rings. The molecule has 0 aliphatic carbocycles. The third kappa shape index (κ3) is 9.70. The molecule has 21 heavy (non-hydrogen) atoms. The van der Waals surface area contributed by atoms with E-state index in [0.29, 0.717) is 0 Å². The van der Waals surface area contributed by atoms with Gasteiger partial charge < -0.3 is 10.6 Å². The topological polar surface area (TPSA) is 24.1 Å². The lowest BCUT2D eigenvalue weighted by molar-refractivity contribution is 0.584. The summed E-state index contributed by atoms with van der Waals surface area (Å²) in [6.45, 7) is 3.95.